The largest absolute Gasteiger partial charge is 0.289 e. The topological polar surface area (TPSA) is 68.3 Å². The molecule has 320 valence electrons. The van der Waals surface area contributed by atoms with Gasteiger partial charge in [0.15, 0.2) is 21.7 Å². The summed E-state index contributed by atoms with van der Waals surface area (Å²) >= 11 is 0. The molecule has 0 saturated heterocycles. The lowest BCUT2D eigenvalue weighted by Crippen LogP contribution is -2.12. The molecule has 6 aromatic rings. The zero-order valence-corrected chi connectivity index (χ0v) is 38.4. The average Bonchev–Trinajstić information content (AvgIpc) is 3.19. The number of hydrogen-bond acceptors (Lipinski definition) is 4. The molecule has 0 fully saturated rings. The van der Waals surface area contributed by atoms with E-state index in [2.05, 4.69) is 80.5 Å². The Hall–Kier alpha value is -4.18. The minimum Gasteiger partial charge on any atom is -0.289 e. The van der Waals surface area contributed by atoms with Gasteiger partial charge in [-0.2, -0.15) is 0 Å². The van der Waals surface area contributed by atoms with Gasteiger partial charge >= 0.3 is 0 Å². The minimum absolute atomic E-state index is 0.159. The van der Waals surface area contributed by atoms with Crippen molar-refractivity contribution in [2.24, 2.45) is 35.5 Å². The van der Waals surface area contributed by atoms with Gasteiger partial charge in [-0.05, 0) is 149 Å². The summed E-state index contributed by atoms with van der Waals surface area (Å²) in [5.41, 5.74) is 2.67. The molecule has 0 aromatic heterocycles. The number of fused-ring (bicyclic) bond motifs is 9. The van der Waals surface area contributed by atoms with Crippen LogP contribution in [0.3, 0.4) is 0 Å². The van der Waals surface area contributed by atoms with Crippen LogP contribution < -0.4 is 21.7 Å². The third-order valence-electron chi connectivity index (χ3n) is 13.7. The molecule has 0 N–H and O–H groups in total. The highest BCUT2D eigenvalue weighted by Crippen LogP contribution is 2.43. The van der Waals surface area contributed by atoms with Crippen LogP contribution in [0.1, 0.15) is 156 Å². The predicted molar refractivity (Wildman–Crippen MR) is 260 cm³/mol. The van der Waals surface area contributed by atoms with Crippen LogP contribution in [0.5, 0.6) is 0 Å². The van der Waals surface area contributed by atoms with Crippen LogP contribution in [0.15, 0.2) is 73.8 Å². The summed E-state index contributed by atoms with van der Waals surface area (Å²) in [5.74, 6) is 3.62. The summed E-state index contributed by atoms with van der Waals surface area (Å²) in [6.07, 6.45) is 16.2. The van der Waals surface area contributed by atoms with Gasteiger partial charge in [0.1, 0.15) is 0 Å². The second kappa shape index (κ2) is 20.1. The second-order valence-corrected chi connectivity index (χ2v) is 20.3. The Morgan fingerprint density at radius 2 is 0.617 bits per heavy atom. The number of rotatable bonds is 21. The fourth-order valence-electron chi connectivity index (χ4n) is 9.98. The van der Waals surface area contributed by atoms with Gasteiger partial charge in [0.25, 0.3) is 0 Å². The molecular weight excluding hydrogens is 737 g/mol. The Balaban J connectivity index is 1.65. The average molecular weight is 809 g/mol. The monoisotopic (exact) mass is 809 g/mol. The van der Waals surface area contributed by atoms with Crippen LogP contribution in [0, 0.1) is 35.5 Å². The third-order valence-corrected chi connectivity index (χ3v) is 13.7. The van der Waals surface area contributed by atoms with Crippen molar-refractivity contribution in [1.82, 2.24) is 0 Å². The Labute approximate surface area is 358 Å². The number of aryl methyl sites for hydroxylation is 3. The van der Waals surface area contributed by atoms with E-state index in [1.165, 1.54) is 74.8 Å². The van der Waals surface area contributed by atoms with Crippen LogP contribution in [-0.2, 0) is 19.3 Å². The maximum atomic E-state index is 14.2. The first kappa shape index (κ1) is 45.3. The van der Waals surface area contributed by atoms with E-state index in [9.17, 15) is 19.2 Å². The molecule has 0 radical (unpaired) electrons. The predicted octanol–water partition coefficient (Wildman–Crippen LogP) is 14.0. The molecule has 0 saturated carbocycles. The van der Waals surface area contributed by atoms with Gasteiger partial charge in [-0.1, -0.05) is 138 Å². The lowest BCUT2D eigenvalue weighted by atomic mass is 9.82. The van der Waals surface area contributed by atoms with E-state index in [-0.39, 0.29) is 21.7 Å². The molecule has 0 aliphatic rings. The Bertz CT molecular complexity index is 2580. The normalized spacial score (nSPS) is 13.9. The van der Waals surface area contributed by atoms with E-state index in [0.717, 1.165) is 94.8 Å². The summed E-state index contributed by atoms with van der Waals surface area (Å²) in [4.78, 5) is 56.1. The first-order valence-electron chi connectivity index (χ1n) is 23.7. The van der Waals surface area contributed by atoms with Gasteiger partial charge in [0.2, 0.25) is 0 Å². The standard InChI is InChI=1S/C56H72O4/c1-34(2)13-10-16-37(7)19-22-40-31-45-42(24-21-39(9)18-12-15-36(5)6)33-47-49(58)28-30-51(60)53(47)56(45)55-44(40)26-25-43-41(23-20-38(8)17-11-14-35(3)4)32-46-48(57)27-29-50(59)52(46)54(43)55/h25-39H,10-24H2,1-9H3/t37-,38-,39-/m1/s1. The summed E-state index contributed by atoms with van der Waals surface area (Å²) < 4.78 is 0. The fraction of sp³-hybridized carbons (Fsp3) is 0.536. The van der Waals surface area contributed by atoms with Crippen LogP contribution in [0.2, 0.25) is 0 Å². The van der Waals surface area contributed by atoms with Crippen molar-refractivity contribution in [2.75, 3.05) is 0 Å². The Kier molecular flexibility index (Phi) is 15.2. The lowest BCUT2D eigenvalue weighted by Gasteiger charge is -2.21. The van der Waals surface area contributed by atoms with Crippen LogP contribution >= 0.6 is 0 Å². The second-order valence-electron chi connectivity index (χ2n) is 20.3. The van der Waals surface area contributed by atoms with Gasteiger partial charge < -0.3 is 0 Å². The number of hydrogen-bond donors (Lipinski definition) is 0. The highest BCUT2D eigenvalue weighted by Gasteiger charge is 2.23. The van der Waals surface area contributed by atoms with Crippen LogP contribution in [0.4, 0.5) is 0 Å². The molecule has 0 heterocycles. The molecule has 6 rings (SSSR count). The van der Waals surface area contributed by atoms with Crippen molar-refractivity contribution in [3.63, 3.8) is 0 Å². The Morgan fingerprint density at radius 1 is 0.317 bits per heavy atom. The summed E-state index contributed by atoms with van der Waals surface area (Å²) in [5, 5.41) is 7.13. The van der Waals surface area contributed by atoms with Crippen molar-refractivity contribution < 1.29 is 0 Å². The van der Waals surface area contributed by atoms with E-state index >= 15 is 0 Å². The third kappa shape index (κ3) is 10.5. The van der Waals surface area contributed by atoms with Crippen molar-refractivity contribution in [2.45, 2.75) is 159 Å². The van der Waals surface area contributed by atoms with E-state index in [1.54, 1.807) is 0 Å². The van der Waals surface area contributed by atoms with Crippen LogP contribution in [-0.4, -0.2) is 0 Å². The molecule has 0 amide bonds. The van der Waals surface area contributed by atoms with Crippen molar-refractivity contribution in [3.05, 3.63) is 112 Å². The van der Waals surface area contributed by atoms with Crippen molar-refractivity contribution >= 4 is 53.9 Å². The molecular formula is C56H72O4. The molecule has 3 atom stereocenters. The molecule has 60 heavy (non-hydrogen) atoms. The summed E-state index contributed by atoms with van der Waals surface area (Å²) in [7, 11) is 0. The van der Waals surface area contributed by atoms with E-state index < -0.39 is 0 Å². The smallest absolute Gasteiger partial charge is 0.187 e. The Morgan fingerprint density at radius 3 is 0.983 bits per heavy atom. The molecule has 4 nitrogen and oxygen atoms in total. The molecule has 0 bridgehead atoms. The van der Waals surface area contributed by atoms with E-state index in [0.29, 0.717) is 57.1 Å². The lowest BCUT2D eigenvalue weighted by molar-refractivity contribution is 0.437. The maximum Gasteiger partial charge on any atom is 0.187 e. The van der Waals surface area contributed by atoms with E-state index in [4.69, 9.17) is 0 Å². The van der Waals surface area contributed by atoms with Gasteiger partial charge in [-0.15, -0.1) is 0 Å². The van der Waals surface area contributed by atoms with Gasteiger partial charge in [0, 0.05) is 32.3 Å². The molecule has 0 spiro atoms. The first-order chi connectivity index (χ1) is 28.6. The molecule has 0 aliphatic heterocycles. The molecule has 4 heteroatoms. The van der Waals surface area contributed by atoms with Gasteiger partial charge in [-0.3, -0.25) is 19.2 Å². The van der Waals surface area contributed by atoms with Crippen LogP contribution in [0.25, 0.3) is 53.9 Å². The number of benzene rings is 6. The summed E-state index contributed by atoms with van der Waals surface area (Å²) in [6, 6.07) is 16.4. The molecule has 6 aromatic carbocycles. The highest BCUT2D eigenvalue weighted by molar-refractivity contribution is 6.33. The SMILES string of the molecule is CC(C)CCC[C@@H](C)CCc1cc2c(=O)ccc(=O)c2c2c1ccc1c(CC[C@H](C)CCCC(C)C)cc3c(CC[C@H](C)CCCC(C)C)cc4c(=O)ccc(=O)c4c3c12. The minimum atomic E-state index is -0.185. The van der Waals surface area contributed by atoms with Crippen molar-refractivity contribution in [1.29, 1.82) is 0 Å². The maximum absolute atomic E-state index is 14.2. The first-order valence-corrected chi connectivity index (χ1v) is 23.7. The van der Waals surface area contributed by atoms with Crippen molar-refractivity contribution in [3.8, 4) is 0 Å². The molecule has 0 aliphatic carbocycles. The molecule has 0 unspecified atom stereocenters. The highest BCUT2D eigenvalue weighted by atomic mass is 16.1. The fourth-order valence-corrected chi connectivity index (χ4v) is 9.98. The zero-order valence-electron chi connectivity index (χ0n) is 38.4. The quantitative estimate of drug-likeness (QED) is 0.0679. The summed E-state index contributed by atoms with van der Waals surface area (Å²) in [6.45, 7) is 20.7. The van der Waals surface area contributed by atoms with Gasteiger partial charge in [-0.25, -0.2) is 0 Å². The van der Waals surface area contributed by atoms with E-state index in [1.807, 2.05) is 12.1 Å². The van der Waals surface area contributed by atoms with Gasteiger partial charge in [0.05, 0.1) is 0 Å². The zero-order chi connectivity index (χ0) is 43.2.